The Balaban J connectivity index is 1.74. The van der Waals surface area contributed by atoms with E-state index in [2.05, 4.69) is 19.9 Å². The summed E-state index contributed by atoms with van der Waals surface area (Å²) in [6.07, 6.45) is -3.03. The molecule has 5 rings (SSSR count). The molecule has 0 unspecified atom stereocenters. The molecule has 0 aliphatic heterocycles. The summed E-state index contributed by atoms with van der Waals surface area (Å²) in [4.78, 5) is 18.1. The maximum atomic E-state index is 13.7. The summed E-state index contributed by atoms with van der Waals surface area (Å²) in [5.41, 5.74) is 1.79. The molecular weight excluding hydrogens is 449 g/mol. The second kappa shape index (κ2) is 8.22. The highest BCUT2D eigenvalue weighted by molar-refractivity contribution is 6.03. The maximum absolute atomic E-state index is 13.7. The number of aromatic nitrogens is 4. The van der Waals surface area contributed by atoms with Gasteiger partial charge in [0, 0.05) is 29.6 Å². The van der Waals surface area contributed by atoms with Gasteiger partial charge in [-0.2, -0.15) is 5.10 Å². The van der Waals surface area contributed by atoms with Gasteiger partial charge in [0.05, 0.1) is 23.9 Å². The van der Waals surface area contributed by atoms with Crippen LogP contribution in [0.25, 0.3) is 27.6 Å². The summed E-state index contributed by atoms with van der Waals surface area (Å²) in [6.45, 7) is 0. The molecule has 3 heterocycles. The Morgan fingerprint density at radius 2 is 1.88 bits per heavy atom. The molecule has 0 bridgehead atoms. The number of aromatic amines is 1. The van der Waals surface area contributed by atoms with Crippen LogP contribution in [0.2, 0.25) is 0 Å². The minimum Gasteiger partial charge on any atom is -0.496 e. The van der Waals surface area contributed by atoms with Gasteiger partial charge in [-0.15, -0.1) is 13.2 Å². The van der Waals surface area contributed by atoms with Crippen molar-refractivity contribution in [2.75, 3.05) is 7.11 Å². The number of nitrogens with zero attached hydrogens (tertiary/aromatic N) is 3. The number of para-hydroxylation sites is 1. The monoisotopic (exact) mass is 466 g/mol. The number of methoxy groups -OCH3 is 1. The van der Waals surface area contributed by atoms with Crippen LogP contribution in [0.4, 0.5) is 13.2 Å². The van der Waals surface area contributed by atoms with E-state index in [1.54, 1.807) is 19.2 Å². The molecule has 3 aromatic heterocycles. The number of fused-ring (bicyclic) bond motifs is 3. The van der Waals surface area contributed by atoms with Crippen molar-refractivity contribution in [2.45, 2.75) is 12.8 Å². The number of hydrogen-bond acceptors (Lipinski definition) is 5. The molecule has 172 valence electrons. The average molecular weight is 466 g/mol. The van der Waals surface area contributed by atoms with Crippen LogP contribution < -0.4 is 15.0 Å². The Morgan fingerprint density at radius 3 is 2.68 bits per heavy atom. The van der Waals surface area contributed by atoms with Crippen molar-refractivity contribution in [3.63, 3.8) is 0 Å². The summed E-state index contributed by atoms with van der Waals surface area (Å²) in [6, 6.07) is 16.1. The molecule has 0 saturated carbocycles. The fourth-order valence-corrected chi connectivity index (χ4v) is 4.00. The van der Waals surface area contributed by atoms with Crippen molar-refractivity contribution >= 4 is 21.9 Å². The maximum Gasteiger partial charge on any atom is 0.573 e. The van der Waals surface area contributed by atoms with E-state index in [4.69, 9.17) is 4.74 Å². The first-order valence-corrected chi connectivity index (χ1v) is 10.2. The van der Waals surface area contributed by atoms with Gasteiger partial charge in [0.1, 0.15) is 22.7 Å². The number of nitrogens with one attached hydrogen (secondary N) is 1. The van der Waals surface area contributed by atoms with Crippen LogP contribution in [0.5, 0.6) is 11.5 Å². The minimum atomic E-state index is -4.86. The van der Waals surface area contributed by atoms with Crippen molar-refractivity contribution in [3.05, 3.63) is 88.5 Å². The van der Waals surface area contributed by atoms with E-state index in [0.717, 1.165) is 11.6 Å². The number of hydrogen-bond donors (Lipinski definition) is 1. The smallest absolute Gasteiger partial charge is 0.496 e. The normalized spacial score (nSPS) is 11.8. The lowest BCUT2D eigenvalue weighted by atomic mass is 10.1. The Bertz CT molecular complexity index is 1570. The quantitative estimate of drug-likeness (QED) is 0.404. The molecule has 7 nitrogen and oxygen atoms in total. The van der Waals surface area contributed by atoms with Crippen LogP contribution in [0.1, 0.15) is 11.3 Å². The zero-order chi connectivity index (χ0) is 23.9. The van der Waals surface area contributed by atoms with Gasteiger partial charge in [-0.1, -0.05) is 24.3 Å². The molecule has 0 amide bonds. The Hall–Kier alpha value is -4.34. The average Bonchev–Trinajstić information content (AvgIpc) is 3.23. The Kier molecular flexibility index (Phi) is 5.20. The number of halogens is 3. The summed E-state index contributed by atoms with van der Waals surface area (Å²) >= 11 is 0. The summed E-state index contributed by atoms with van der Waals surface area (Å²) < 4.78 is 49.0. The fourth-order valence-electron chi connectivity index (χ4n) is 4.00. The van der Waals surface area contributed by atoms with Gasteiger partial charge in [0.25, 0.3) is 5.56 Å². The van der Waals surface area contributed by atoms with Crippen LogP contribution in [-0.4, -0.2) is 33.2 Å². The molecule has 1 N–H and O–H groups in total. The van der Waals surface area contributed by atoms with Crippen LogP contribution in [0.15, 0.2) is 71.7 Å². The van der Waals surface area contributed by atoms with Gasteiger partial charge < -0.3 is 9.47 Å². The predicted molar refractivity (Wildman–Crippen MR) is 119 cm³/mol. The Labute approximate surface area is 190 Å². The zero-order valence-electron chi connectivity index (χ0n) is 17.8. The van der Waals surface area contributed by atoms with Gasteiger partial charge >= 0.3 is 6.36 Å². The number of alkyl halides is 3. The molecule has 0 aliphatic carbocycles. The van der Waals surface area contributed by atoms with E-state index >= 15 is 0 Å². The van der Waals surface area contributed by atoms with Crippen LogP contribution in [0.3, 0.4) is 0 Å². The van der Waals surface area contributed by atoms with Crippen molar-refractivity contribution in [1.29, 1.82) is 0 Å². The molecule has 0 saturated heterocycles. The molecule has 0 fully saturated rings. The number of rotatable bonds is 5. The van der Waals surface area contributed by atoms with E-state index in [1.807, 2.05) is 24.3 Å². The number of H-pyrrole nitrogens is 1. The zero-order valence-corrected chi connectivity index (χ0v) is 17.8. The summed E-state index contributed by atoms with van der Waals surface area (Å²) in [5.74, 6) is 0.215. The first-order valence-electron chi connectivity index (χ1n) is 10.2. The number of benzene rings is 2. The summed E-state index contributed by atoms with van der Waals surface area (Å²) in [5, 5.41) is 8.20. The highest BCUT2D eigenvalue weighted by Gasteiger charge is 2.31. The second-order valence-electron chi connectivity index (χ2n) is 7.47. The third-order valence-electron chi connectivity index (χ3n) is 5.38. The molecule has 10 heteroatoms. The predicted octanol–water partition coefficient (Wildman–Crippen LogP) is 4.76. The van der Waals surface area contributed by atoms with Gasteiger partial charge in [-0.3, -0.25) is 14.5 Å². The second-order valence-corrected chi connectivity index (χ2v) is 7.47. The van der Waals surface area contributed by atoms with Gasteiger partial charge in [0.2, 0.25) is 0 Å². The highest BCUT2D eigenvalue weighted by Crippen LogP contribution is 2.29. The molecule has 34 heavy (non-hydrogen) atoms. The molecule has 5 aromatic rings. The highest BCUT2D eigenvalue weighted by atomic mass is 19.4. The van der Waals surface area contributed by atoms with Crippen molar-refractivity contribution < 1.29 is 22.6 Å². The Morgan fingerprint density at radius 1 is 1.06 bits per heavy atom. The summed E-state index contributed by atoms with van der Waals surface area (Å²) in [7, 11) is 1.56. The first-order chi connectivity index (χ1) is 16.4. The number of ether oxygens (including phenoxy) is 2. The van der Waals surface area contributed by atoms with E-state index in [9.17, 15) is 18.0 Å². The molecule has 0 atom stereocenters. The van der Waals surface area contributed by atoms with Crippen molar-refractivity contribution in [1.82, 2.24) is 19.7 Å². The third-order valence-corrected chi connectivity index (χ3v) is 5.38. The van der Waals surface area contributed by atoms with E-state index in [1.165, 1.54) is 29.0 Å². The third kappa shape index (κ3) is 3.83. The minimum absolute atomic E-state index is 0.182. The van der Waals surface area contributed by atoms with Crippen LogP contribution in [0, 0.1) is 0 Å². The SMILES string of the molecule is COc1ccccc1Cc1[nH]nc2c1c(=O)n(-c1cccc(OC(F)(F)F)c1)c1ncccc21. The van der Waals surface area contributed by atoms with Crippen LogP contribution in [-0.2, 0) is 6.42 Å². The first kappa shape index (κ1) is 21.5. The van der Waals surface area contributed by atoms with Crippen molar-refractivity contribution in [2.24, 2.45) is 0 Å². The molecule has 2 aromatic carbocycles. The van der Waals surface area contributed by atoms with E-state index in [0.29, 0.717) is 34.2 Å². The lowest BCUT2D eigenvalue weighted by molar-refractivity contribution is -0.274. The standard InChI is InChI=1S/C24H17F3N4O3/c1-33-19-10-3-2-6-14(19)12-18-20-21(30-29-18)17-9-5-11-28-22(17)31(23(20)32)15-7-4-8-16(13-15)34-24(25,26)27/h2-11,13H,12H2,1H3,(H,29,30). The van der Waals surface area contributed by atoms with Gasteiger partial charge in [-0.25, -0.2) is 4.98 Å². The lowest BCUT2D eigenvalue weighted by Crippen LogP contribution is -2.21. The van der Waals surface area contributed by atoms with Gasteiger partial charge in [-0.05, 0) is 30.3 Å². The molecule has 0 spiro atoms. The van der Waals surface area contributed by atoms with Gasteiger partial charge in [0.15, 0.2) is 0 Å². The topological polar surface area (TPSA) is 82.0 Å². The molecule has 0 radical (unpaired) electrons. The number of pyridine rings is 2. The lowest BCUT2D eigenvalue weighted by Gasteiger charge is -2.13. The largest absolute Gasteiger partial charge is 0.573 e. The fraction of sp³-hybridized carbons (Fsp3) is 0.125. The van der Waals surface area contributed by atoms with E-state index < -0.39 is 17.7 Å². The van der Waals surface area contributed by atoms with Crippen molar-refractivity contribution in [3.8, 4) is 17.2 Å². The molecular formula is C24H17F3N4O3. The molecule has 0 aliphatic rings. The van der Waals surface area contributed by atoms with E-state index in [-0.39, 0.29) is 11.3 Å². The van der Waals surface area contributed by atoms with Crippen LogP contribution >= 0.6 is 0 Å².